The van der Waals surface area contributed by atoms with E-state index in [0.717, 1.165) is 23.2 Å². The highest BCUT2D eigenvalue weighted by atomic mass is 35.5. The van der Waals surface area contributed by atoms with E-state index in [0.29, 0.717) is 42.2 Å². The third kappa shape index (κ3) is 3.80. The van der Waals surface area contributed by atoms with Gasteiger partial charge >= 0.3 is 0 Å². The van der Waals surface area contributed by atoms with Gasteiger partial charge in [-0.15, -0.1) is 0 Å². The number of benzene rings is 2. The average molecular weight is 411 g/mol. The molecule has 1 aliphatic heterocycles. The SMILES string of the molecule is CCc1cc(=O)c2cc(NC(=O)C3(c4ccc(Cl)cc4)CCOCC3)ccc2[nH]1. The van der Waals surface area contributed by atoms with Crippen molar-refractivity contribution < 1.29 is 9.53 Å². The summed E-state index contributed by atoms with van der Waals surface area (Å²) in [6.45, 7) is 3.04. The molecule has 2 heterocycles. The maximum absolute atomic E-state index is 13.4. The molecule has 0 atom stereocenters. The Balaban J connectivity index is 1.68. The molecule has 5 nitrogen and oxygen atoms in total. The van der Waals surface area contributed by atoms with Crippen LogP contribution < -0.4 is 10.7 Å². The van der Waals surface area contributed by atoms with E-state index in [1.165, 1.54) is 0 Å². The van der Waals surface area contributed by atoms with Crippen LogP contribution in [0.5, 0.6) is 0 Å². The number of hydrogen-bond donors (Lipinski definition) is 2. The number of hydrogen-bond acceptors (Lipinski definition) is 3. The van der Waals surface area contributed by atoms with E-state index in [1.807, 2.05) is 43.3 Å². The average Bonchev–Trinajstić information content (AvgIpc) is 2.75. The van der Waals surface area contributed by atoms with E-state index in [9.17, 15) is 9.59 Å². The minimum Gasteiger partial charge on any atom is -0.381 e. The zero-order chi connectivity index (χ0) is 20.4. The van der Waals surface area contributed by atoms with Gasteiger partial charge in [0, 0.05) is 46.6 Å². The summed E-state index contributed by atoms with van der Waals surface area (Å²) >= 11 is 6.04. The summed E-state index contributed by atoms with van der Waals surface area (Å²) in [7, 11) is 0. The van der Waals surface area contributed by atoms with Crippen molar-refractivity contribution in [3.05, 3.63) is 75.0 Å². The van der Waals surface area contributed by atoms with E-state index >= 15 is 0 Å². The van der Waals surface area contributed by atoms with E-state index < -0.39 is 5.41 Å². The Morgan fingerprint density at radius 2 is 1.86 bits per heavy atom. The predicted molar refractivity (Wildman–Crippen MR) is 116 cm³/mol. The second-order valence-corrected chi connectivity index (χ2v) is 7.86. The summed E-state index contributed by atoms with van der Waals surface area (Å²) in [5, 5.41) is 4.23. The molecule has 1 aromatic heterocycles. The zero-order valence-electron chi connectivity index (χ0n) is 16.3. The second-order valence-electron chi connectivity index (χ2n) is 7.43. The quantitative estimate of drug-likeness (QED) is 0.668. The molecule has 0 spiro atoms. The molecule has 2 aromatic carbocycles. The van der Waals surface area contributed by atoms with Gasteiger partial charge in [-0.05, 0) is 55.2 Å². The number of carbonyl (C=O) groups excluding carboxylic acids is 1. The highest BCUT2D eigenvalue weighted by molar-refractivity contribution is 6.30. The van der Waals surface area contributed by atoms with Gasteiger partial charge < -0.3 is 15.0 Å². The number of rotatable bonds is 4. The summed E-state index contributed by atoms with van der Waals surface area (Å²) in [5.41, 5.74) is 2.46. The molecule has 1 aliphatic rings. The lowest BCUT2D eigenvalue weighted by Crippen LogP contribution is -2.44. The number of aryl methyl sites for hydroxylation is 1. The summed E-state index contributed by atoms with van der Waals surface area (Å²) < 4.78 is 5.51. The molecule has 3 aromatic rings. The van der Waals surface area contributed by atoms with Gasteiger partial charge in [0.2, 0.25) is 5.91 Å². The standard InChI is InChI=1S/C23H23ClN2O3/c1-2-17-14-21(27)19-13-18(7-8-20(19)25-17)26-22(28)23(9-11-29-12-10-23)15-3-5-16(24)6-4-15/h3-8,13-14H,2,9-12H2,1H3,(H,25,27)(H,26,28). The number of nitrogens with one attached hydrogen (secondary N) is 2. The van der Waals surface area contributed by atoms with Crippen LogP contribution in [-0.2, 0) is 21.4 Å². The van der Waals surface area contributed by atoms with Crippen molar-refractivity contribution in [2.24, 2.45) is 0 Å². The highest BCUT2D eigenvalue weighted by Crippen LogP contribution is 2.37. The molecule has 2 N–H and O–H groups in total. The Hall–Kier alpha value is -2.63. The summed E-state index contributed by atoms with van der Waals surface area (Å²) in [6.07, 6.45) is 1.94. The van der Waals surface area contributed by atoms with Crippen molar-refractivity contribution >= 4 is 34.1 Å². The molecule has 0 bridgehead atoms. The maximum atomic E-state index is 13.4. The molecule has 4 rings (SSSR count). The molecular formula is C23H23ClN2O3. The monoisotopic (exact) mass is 410 g/mol. The van der Waals surface area contributed by atoms with Crippen molar-refractivity contribution in [3.63, 3.8) is 0 Å². The fraction of sp³-hybridized carbons (Fsp3) is 0.304. The fourth-order valence-electron chi connectivity index (χ4n) is 3.96. The first-order valence-corrected chi connectivity index (χ1v) is 10.2. The van der Waals surface area contributed by atoms with Crippen LogP contribution >= 0.6 is 11.6 Å². The van der Waals surface area contributed by atoms with Crippen LogP contribution in [0.4, 0.5) is 5.69 Å². The molecule has 0 saturated carbocycles. The molecule has 150 valence electrons. The number of carbonyl (C=O) groups is 1. The number of anilines is 1. The smallest absolute Gasteiger partial charge is 0.235 e. The van der Waals surface area contributed by atoms with Crippen molar-refractivity contribution in [2.45, 2.75) is 31.6 Å². The van der Waals surface area contributed by atoms with E-state index in [2.05, 4.69) is 10.3 Å². The van der Waals surface area contributed by atoms with Crippen molar-refractivity contribution in [2.75, 3.05) is 18.5 Å². The Morgan fingerprint density at radius 3 is 2.55 bits per heavy atom. The Labute approximate surface area is 174 Å². The van der Waals surface area contributed by atoms with Crippen molar-refractivity contribution in [1.82, 2.24) is 4.98 Å². The van der Waals surface area contributed by atoms with E-state index in [-0.39, 0.29) is 11.3 Å². The molecule has 0 unspecified atom stereocenters. The lowest BCUT2D eigenvalue weighted by molar-refractivity contribution is -0.125. The maximum Gasteiger partial charge on any atom is 0.235 e. The lowest BCUT2D eigenvalue weighted by Gasteiger charge is -2.36. The molecule has 0 aliphatic carbocycles. The largest absolute Gasteiger partial charge is 0.381 e. The fourth-order valence-corrected chi connectivity index (χ4v) is 4.08. The summed E-state index contributed by atoms with van der Waals surface area (Å²) in [5.74, 6) is -0.0934. The van der Waals surface area contributed by atoms with E-state index in [4.69, 9.17) is 16.3 Å². The van der Waals surface area contributed by atoms with Crippen LogP contribution in [0.3, 0.4) is 0 Å². The Morgan fingerprint density at radius 1 is 1.14 bits per heavy atom. The van der Waals surface area contributed by atoms with Gasteiger partial charge in [0.1, 0.15) is 0 Å². The first-order chi connectivity index (χ1) is 14.0. The number of aromatic nitrogens is 1. The molecule has 1 fully saturated rings. The molecule has 29 heavy (non-hydrogen) atoms. The van der Waals surface area contributed by atoms with Crippen LogP contribution in [-0.4, -0.2) is 24.1 Å². The molecular weight excluding hydrogens is 388 g/mol. The summed E-state index contributed by atoms with van der Waals surface area (Å²) in [4.78, 5) is 29.1. The van der Waals surface area contributed by atoms with Gasteiger partial charge in [0.25, 0.3) is 0 Å². The number of H-pyrrole nitrogens is 1. The number of aromatic amines is 1. The van der Waals surface area contributed by atoms with Crippen molar-refractivity contribution in [3.8, 4) is 0 Å². The predicted octanol–water partition coefficient (Wildman–Crippen LogP) is 4.43. The third-order valence-corrected chi connectivity index (χ3v) is 5.95. The van der Waals surface area contributed by atoms with Gasteiger partial charge in [-0.25, -0.2) is 0 Å². The van der Waals surface area contributed by atoms with Gasteiger partial charge in [-0.3, -0.25) is 9.59 Å². The number of halogens is 1. The minimum absolute atomic E-state index is 0.0508. The number of pyridine rings is 1. The normalized spacial score (nSPS) is 15.9. The van der Waals surface area contributed by atoms with Crippen molar-refractivity contribution in [1.29, 1.82) is 0 Å². The Kier molecular flexibility index (Phi) is 5.43. The van der Waals surface area contributed by atoms with Crippen LogP contribution in [0.2, 0.25) is 5.02 Å². The van der Waals surface area contributed by atoms with Gasteiger partial charge in [0.15, 0.2) is 5.43 Å². The topological polar surface area (TPSA) is 71.2 Å². The van der Waals surface area contributed by atoms with Gasteiger partial charge in [-0.2, -0.15) is 0 Å². The van der Waals surface area contributed by atoms with Crippen LogP contribution in [0.1, 0.15) is 31.0 Å². The van der Waals surface area contributed by atoms with Crippen LogP contribution in [0.15, 0.2) is 53.3 Å². The van der Waals surface area contributed by atoms with Crippen LogP contribution in [0.25, 0.3) is 10.9 Å². The second kappa shape index (κ2) is 8.01. The highest BCUT2D eigenvalue weighted by Gasteiger charge is 2.41. The minimum atomic E-state index is -0.684. The third-order valence-electron chi connectivity index (χ3n) is 5.70. The number of fused-ring (bicyclic) bond motifs is 1. The van der Waals surface area contributed by atoms with Crippen LogP contribution in [0, 0.1) is 0 Å². The number of amides is 1. The molecule has 1 saturated heterocycles. The molecule has 6 heteroatoms. The number of ether oxygens (including phenoxy) is 1. The molecule has 1 amide bonds. The summed E-state index contributed by atoms with van der Waals surface area (Å²) in [6, 6.07) is 14.4. The van der Waals surface area contributed by atoms with Gasteiger partial charge in [-0.1, -0.05) is 30.7 Å². The zero-order valence-corrected chi connectivity index (χ0v) is 17.0. The van der Waals surface area contributed by atoms with E-state index in [1.54, 1.807) is 12.1 Å². The molecule has 0 radical (unpaired) electrons. The first kappa shape index (κ1) is 19.7. The first-order valence-electron chi connectivity index (χ1n) is 9.83. The van der Waals surface area contributed by atoms with Gasteiger partial charge in [0.05, 0.1) is 5.41 Å². The lowest BCUT2D eigenvalue weighted by atomic mass is 9.73. The Bertz CT molecular complexity index is 1100.